The molecule has 1 heterocycles. The Hall–Kier alpha value is -2.68. The van der Waals surface area contributed by atoms with E-state index in [2.05, 4.69) is 4.98 Å². The van der Waals surface area contributed by atoms with E-state index in [1.165, 1.54) is 0 Å². The fourth-order valence-electron chi connectivity index (χ4n) is 2.27. The lowest BCUT2D eigenvalue weighted by atomic mass is 9.98. The second kappa shape index (κ2) is 4.78. The van der Waals surface area contributed by atoms with Crippen molar-refractivity contribution < 1.29 is 4.79 Å². The number of aromatic nitrogens is 1. The minimum atomic E-state index is -0.00769. The van der Waals surface area contributed by atoms with Crippen LogP contribution >= 0.6 is 0 Å². The SMILES string of the molecule is Cc1cc(C(=O)c2cccc3ncccc23)ccc1N. The zero-order chi connectivity index (χ0) is 14.1. The molecule has 0 aliphatic heterocycles. The first-order valence-electron chi connectivity index (χ1n) is 6.41. The van der Waals surface area contributed by atoms with Gasteiger partial charge >= 0.3 is 0 Å². The molecule has 0 atom stereocenters. The Bertz CT molecular complexity index is 804. The molecule has 1 aromatic heterocycles. The zero-order valence-corrected chi connectivity index (χ0v) is 11.1. The zero-order valence-electron chi connectivity index (χ0n) is 11.1. The minimum absolute atomic E-state index is 0.00769. The first kappa shape index (κ1) is 12.4. The highest BCUT2D eigenvalue weighted by atomic mass is 16.1. The van der Waals surface area contributed by atoms with Crippen LogP contribution < -0.4 is 5.73 Å². The lowest BCUT2D eigenvalue weighted by molar-refractivity contribution is 0.104. The second-order valence-electron chi connectivity index (χ2n) is 4.78. The summed E-state index contributed by atoms with van der Waals surface area (Å²) in [4.78, 5) is 16.9. The van der Waals surface area contributed by atoms with Gasteiger partial charge in [-0.25, -0.2) is 0 Å². The van der Waals surface area contributed by atoms with Gasteiger partial charge in [-0.05, 0) is 42.8 Å². The van der Waals surface area contributed by atoms with Gasteiger partial charge in [-0.15, -0.1) is 0 Å². The number of pyridine rings is 1. The summed E-state index contributed by atoms with van der Waals surface area (Å²) in [6.45, 7) is 1.90. The number of nitrogen functional groups attached to an aromatic ring is 1. The highest BCUT2D eigenvalue weighted by molar-refractivity contribution is 6.16. The number of carbonyl (C=O) groups is 1. The summed E-state index contributed by atoms with van der Waals surface area (Å²) in [6, 6.07) is 14.7. The first-order valence-corrected chi connectivity index (χ1v) is 6.41. The number of nitrogens with two attached hydrogens (primary N) is 1. The summed E-state index contributed by atoms with van der Waals surface area (Å²) in [6.07, 6.45) is 1.73. The van der Waals surface area contributed by atoms with Gasteiger partial charge in [0.2, 0.25) is 0 Å². The highest BCUT2D eigenvalue weighted by Gasteiger charge is 2.13. The summed E-state index contributed by atoms with van der Waals surface area (Å²) in [7, 11) is 0. The molecule has 0 saturated carbocycles. The van der Waals surface area contributed by atoms with Crippen LogP contribution in [0.5, 0.6) is 0 Å². The number of aryl methyl sites for hydroxylation is 1. The molecule has 0 saturated heterocycles. The number of benzene rings is 2. The summed E-state index contributed by atoms with van der Waals surface area (Å²) < 4.78 is 0. The van der Waals surface area contributed by atoms with Gasteiger partial charge in [0.25, 0.3) is 0 Å². The molecule has 3 heteroatoms. The Morgan fingerprint density at radius 3 is 2.75 bits per heavy atom. The van der Waals surface area contributed by atoms with Crippen molar-refractivity contribution in [3.8, 4) is 0 Å². The quantitative estimate of drug-likeness (QED) is 0.569. The molecule has 0 fully saturated rings. The van der Waals surface area contributed by atoms with Crippen LogP contribution in [0.3, 0.4) is 0 Å². The van der Waals surface area contributed by atoms with E-state index in [9.17, 15) is 4.79 Å². The first-order chi connectivity index (χ1) is 9.66. The van der Waals surface area contributed by atoms with Gasteiger partial charge in [0, 0.05) is 28.4 Å². The van der Waals surface area contributed by atoms with Crippen LogP contribution in [-0.4, -0.2) is 10.8 Å². The lowest BCUT2D eigenvalue weighted by Crippen LogP contribution is -2.03. The third-order valence-corrected chi connectivity index (χ3v) is 3.42. The van der Waals surface area contributed by atoms with E-state index in [4.69, 9.17) is 5.73 Å². The summed E-state index contributed by atoms with van der Waals surface area (Å²) in [5.74, 6) is -0.00769. The van der Waals surface area contributed by atoms with Crippen molar-refractivity contribution in [2.45, 2.75) is 6.92 Å². The Morgan fingerprint density at radius 1 is 1.10 bits per heavy atom. The van der Waals surface area contributed by atoms with E-state index >= 15 is 0 Å². The van der Waals surface area contributed by atoms with Gasteiger partial charge in [0.05, 0.1) is 5.52 Å². The van der Waals surface area contributed by atoms with Crippen LogP contribution in [0.15, 0.2) is 54.7 Å². The highest BCUT2D eigenvalue weighted by Crippen LogP contribution is 2.21. The van der Waals surface area contributed by atoms with Crippen LogP contribution in [0, 0.1) is 6.92 Å². The number of hydrogen-bond donors (Lipinski definition) is 1. The molecule has 3 rings (SSSR count). The van der Waals surface area contributed by atoms with Crippen molar-refractivity contribution in [2.24, 2.45) is 0 Å². The van der Waals surface area contributed by atoms with Gasteiger partial charge in [0.15, 0.2) is 5.78 Å². The number of fused-ring (bicyclic) bond motifs is 1. The van der Waals surface area contributed by atoms with Gasteiger partial charge in [-0.1, -0.05) is 18.2 Å². The van der Waals surface area contributed by atoms with E-state index in [1.54, 1.807) is 18.3 Å². The van der Waals surface area contributed by atoms with E-state index in [0.717, 1.165) is 16.5 Å². The maximum absolute atomic E-state index is 12.7. The Labute approximate surface area is 117 Å². The molecule has 0 radical (unpaired) electrons. The monoisotopic (exact) mass is 262 g/mol. The second-order valence-corrected chi connectivity index (χ2v) is 4.78. The summed E-state index contributed by atoms with van der Waals surface area (Å²) in [5.41, 5.74) is 9.54. The predicted octanol–water partition coefficient (Wildman–Crippen LogP) is 3.36. The van der Waals surface area contributed by atoms with Gasteiger partial charge in [0.1, 0.15) is 0 Å². The normalized spacial score (nSPS) is 10.7. The number of hydrogen-bond acceptors (Lipinski definition) is 3. The van der Waals surface area contributed by atoms with Gasteiger partial charge in [-0.2, -0.15) is 0 Å². The average molecular weight is 262 g/mol. The topological polar surface area (TPSA) is 56.0 Å². The van der Waals surface area contributed by atoms with Crippen LogP contribution in [0.25, 0.3) is 10.9 Å². The van der Waals surface area contributed by atoms with Crippen LogP contribution in [0.2, 0.25) is 0 Å². The molecular weight excluding hydrogens is 248 g/mol. The number of carbonyl (C=O) groups excluding carboxylic acids is 1. The molecule has 3 nitrogen and oxygen atoms in total. The number of nitrogens with zero attached hydrogens (tertiary/aromatic N) is 1. The van der Waals surface area contributed by atoms with E-state index in [1.807, 2.05) is 43.3 Å². The fraction of sp³-hybridized carbons (Fsp3) is 0.0588. The third-order valence-electron chi connectivity index (χ3n) is 3.42. The average Bonchev–Trinajstić information content (AvgIpc) is 2.49. The van der Waals surface area contributed by atoms with Crippen molar-refractivity contribution >= 4 is 22.4 Å². The molecule has 0 aliphatic rings. The summed E-state index contributed by atoms with van der Waals surface area (Å²) in [5, 5.41) is 0.870. The fourth-order valence-corrected chi connectivity index (χ4v) is 2.27. The largest absolute Gasteiger partial charge is 0.399 e. The van der Waals surface area contributed by atoms with Crippen LogP contribution in [0.4, 0.5) is 5.69 Å². The Morgan fingerprint density at radius 2 is 1.95 bits per heavy atom. The molecular formula is C17H14N2O. The minimum Gasteiger partial charge on any atom is -0.399 e. The van der Waals surface area contributed by atoms with Crippen LogP contribution in [0.1, 0.15) is 21.5 Å². The van der Waals surface area contributed by atoms with Crippen molar-refractivity contribution in [1.82, 2.24) is 4.98 Å². The molecule has 20 heavy (non-hydrogen) atoms. The van der Waals surface area contributed by atoms with Crippen molar-refractivity contribution in [3.05, 3.63) is 71.4 Å². The van der Waals surface area contributed by atoms with E-state index in [-0.39, 0.29) is 5.78 Å². The third kappa shape index (κ3) is 2.03. The van der Waals surface area contributed by atoms with Crippen molar-refractivity contribution in [3.63, 3.8) is 0 Å². The van der Waals surface area contributed by atoms with Crippen LogP contribution in [-0.2, 0) is 0 Å². The molecule has 3 aromatic rings. The summed E-state index contributed by atoms with van der Waals surface area (Å²) >= 11 is 0. The smallest absolute Gasteiger partial charge is 0.193 e. The lowest BCUT2D eigenvalue weighted by Gasteiger charge is -2.07. The molecule has 98 valence electrons. The van der Waals surface area contributed by atoms with Crippen molar-refractivity contribution in [1.29, 1.82) is 0 Å². The maximum Gasteiger partial charge on any atom is 0.193 e. The Balaban J connectivity index is 2.15. The van der Waals surface area contributed by atoms with E-state index < -0.39 is 0 Å². The molecule has 0 spiro atoms. The predicted molar refractivity (Wildman–Crippen MR) is 80.8 cm³/mol. The molecule has 2 N–H and O–H groups in total. The molecule has 2 aromatic carbocycles. The molecule has 0 amide bonds. The molecule has 0 unspecified atom stereocenters. The number of anilines is 1. The van der Waals surface area contributed by atoms with E-state index in [0.29, 0.717) is 16.8 Å². The molecule has 0 bridgehead atoms. The Kier molecular flexibility index (Phi) is 2.95. The molecule has 0 aliphatic carbocycles. The standard InChI is InChI=1S/C17H14N2O/c1-11-10-12(7-8-15(11)18)17(20)14-4-2-6-16-13(14)5-3-9-19-16/h2-10H,18H2,1H3. The van der Waals surface area contributed by atoms with Gasteiger partial charge in [-0.3, -0.25) is 9.78 Å². The van der Waals surface area contributed by atoms with Crippen molar-refractivity contribution in [2.75, 3.05) is 5.73 Å². The van der Waals surface area contributed by atoms with Gasteiger partial charge < -0.3 is 5.73 Å². The number of rotatable bonds is 2. The maximum atomic E-state index is 12.7. The number of ketones is 1.